The van der Waals surface area contributed by atoms with Gasteiger partial charge in [-0.1, -0.05) is 6.92 Å². The highest BCUT2D eigenvalue weighted by atomic mass is 32.1. The summed E-state index contributed by atoms with van der Waals surface area (Å²) in [6.07, 6.45) is 3.77. The van der Waals surface area contributed by atoms with Crippen molar-refractivity contribution in [2.24, 2.45) is 11.8 Å². The number of carbonyl (C=O) groups is 2. The minimum absolute atomic E-state index is 0.0285. The van der Waals surface area contributed by atoms with Gasteiger partial charge in [0.25, 0.3) is 5.91 Å². The molecule has 5 heteroatoms. The lowest BCUT2D eigenvalue weighted by atomic mass is 9.88. The van der Waals surface area contributed by atoms with Gasteiger partial charge in [0, 0.05) is 23.3 Å². The van der Waals surface area contributed by atoms with Crippen LogP contribution in [0.1, 0.15) is 40.6 Å². The number of nitrogens with zero attached hydrogens (tertiary/aromatic N) is 1. The molecule has 0 radical (unpaired) electrons. The Morgan fingerprint density at radius 2 is 2.20 bits per heavy atom. The van der Waals surface area contributed by atoms with E-state index in [-0.39, 0.29) is 5.91 Å². The fraction of sp³-hybridized carbons (Fsp3) is 0.600. The second kappa shape index (κ2) is 5.20. The molecule has 2 aliphatic rings. The third kappa shape index (κ3) is 2.35. The second-order valence-electron chi connectivity index (χ2n) is 5.97. The largest absolute Gasteiger partial charge is 0.481 e. The van der Waals surface area contributed by atoms with Crippen LogP contribution in [-0.4, -0.2) is 35.0 Å². The maximum atomic E-state index is 12.6. The molecule has 1 aliphatic carbocycles. The Bertz CT molecular complexity index is 551. The van der Waals surface area contributed by atoms with Gasteiger partial charge in [0.15, 0.2) is 0 Å². The van der Waals surface area contributed by atoms with Crippen LogP contribution in [0.2, 0.25) is 0 Å². The maximum Gasteiger partial charge on any atom is 0.308 e. The first-order valence-electron chi connectivity index (χ1n) is 7.17. The van der Waals surface area contributed by atoms with Gasteiger partial charge in [0.2, 0.25) is 0 Å². The number of thiophene rings is 1. The first-order valence-corrected chi connectivity index (χ1v) is 8.05. The van der Waals surface area contributed by atoms with Crippen LogP contribution in [0.3, 0.4) is 0 Å². The average Bonchev–Trinajstić information content (AvgIpc) is 3.04. The molecule has 1 N–H and O–H groups in total. The van der Waals surface area contributed by atoms with Gasteiger partial charge in [0.05, 0.1) is 11.5 Å². The van der Waals surface area contributed by atoms with Crippen LogP contribution in [0.15, 0.2) is 5.38 Å². The predicted molar refractivity (Wildman–Crippen MR) is 77.2 cm³/mol. The zero-order chi connectivity index (χ0) is 14.3. The Morgan fingerprint density at radius 3 is 2.90 bits per heavy atom. The van der Waals surface area contributed by atoms with E-state index in [0.29, 0.717) is 25.4 Å². The van der Waals surface area contributed by atoms with Crippen LogP contribution in [0, 0.1) is 11.8 Å². The minimum atomic E-state index is -0.790. The lowest BCUT2D eigenvalue weighted by molar-refractivity contribution is -0.141. The number of likely N-dealkylation sites (tertiary alicyclic amines) is 1. The molecule has 1 aromatic rings. The van der Waals surface area contributed by atoms with Crippen molar-refractivity contribution in [1.29, 1.82) is 0 Å². The fourth-order valence-corrected chi connectivity index (χ4v) is 4.41. The maximum absolute atomic E-state index is 12.6. The summed E-state index contributed by atoms with van der Waals surface area (Å²) in [5.41, 5.74) is 2.04. The van der Waals surface area contributed by atoms with Crippen molar-refractivity contribution >= 4 is 23.2 Å². The van der Waals surface area contributed by atoms with Crippen molar-refractivity contribution in [2.75, 3.05) is 13.1 Å². The standard InChI is InChI=1S/C15H19NO3S/c1-9-2-3-11-12(8-20-13(11)6-9)14(17)16-5-4-10(7-16)15(18)19/h8-10H,2-7H2,1H3,(H,18,19)/t9-,10+/m0/s1. The Hall–Kier alpha value is -1.36. The highest BCUT2D eigenvalue weighted by molar-refractivity contribution is 7.10. The van der Waals surface area contributed by atoms with E-state index in [4.69, 9.17) is 5.11 Å². The number of aliphatic carboxylic acids is 1. The number of fused-ring (bicyclic) bond motifs is 1. The number of hydrogen-bond acceptors (Lipinski definition) is 3. The number of amides is 1. The summed E-state index contributed by atoms with van der Waals surface area (Å²) in [7, 11) is 0. The highest BCUT2D eigenvalue weighted by Crippen LogP contribution is 2.34. The normalized spacial score (nSPS) is 25.6. The zero-order valence-corrected chi connectivity index (χ0v) is 12.4. The molecular weight excluding hydrogens is 274 g/mol. The Balaban J connectivity index is 1.77. The monoisotopic (exact) mass is 293 g/mol. The molecule has 0 unspecified atom stereocenters. The molecule has 20 heavy (non-hydrogen) atoms. The summed E-state index contributed by atoms with van der Waals surface area (Å²) >= 11 is 1.69. The number of carbonyl (C=O) groups excluding carboxylic acids is 1. The van der Waals surface area contributed by atoms with Gasteiger partial charge in [-0.05, 0) is 37.2 Å². The smallest absolute Gasteiger partial charge is 0.308 e. The molecule has 2 atom stereocenters. The van der Waals surface area contributed by atoms with Crippen molar-refractivity contribution < 1.29 is 14.7 Å². The van der Waals surface area contributed by atoms with Crippen molar-refractivity contribution in [3.05, 3.63) is 21.4 Å². The SMILES string of the molecule is C[C@H]1CCc2c(C(=O)N3CC[C@@H](C(=O)O)C3)csc2C1. The van der Waals surface area contributed by atoms with Crippen LogP contribution < -0.4 is 0 Å². The second-order valence-corrected chi connectivity index (χ2v) is 6.94. The molecule has 1 saturated heterocycles. The summed E-state index contributed by atoms with van der Waals surface area (Å²) in [5.74, 6) is -0.456. The van der Waals surface area contributed by atoms with Crippen molar-refractivity contribution in [1.82, 2.24) is 4.90 Å². The number of carboxylic acid groups (broad SMARTS) is 1. The average molecular weight is 293 g/mol. The summed E-state index contributed by atoms with van der Waals surface area (Å²) in [4.78, 5) is 26.6. The summed E-state index contributed by atoms with van der Waals surface area (Å²) in [5, 5.41) is 11.0. The van der Waals surface area contributed by atoms with Crippen molar-refractivity contribution in [2.45, 2.75) is 32.6 Å². The molecule has 0 aromatic carbocycles. The molecule has 1 aliphatic heterocycles. The first-order chi connectivity index (χ1) is 9.56. The van der Waals surface area contributed by atoms with Crippen LogP contribution in [0.5, 0.6) is 0 Å². The van der Waals surface area contributed by atoms with E-state index in [1.165, 1.54) is 10.4 Å². The van der Waals surface area contributed by atoms with E-state index < -0.39 is 11.9 Å². The molecule has 2 heterocycles. The van der Waals surface area contributed by atoms with Crippen LogP contribution in [-0.2, 0) is 17.6 Å². The third-order valence-electron chi connectivity index (χ3n) is 4.46. The molecule has 3 rings (SSSR count). The number of carboxylic acids is 1. The van der Waals surface area contributed by atoms with Crippen LogP contribution >= 0.6 is 11.3 Å². The number of rotatable bonds is 2. The van der Waals surface area contributed by atoms with Gasteiger partial charge in [-0.15, -0.1) is 11.3 Å². The van der Waals surface area contributed by atoms with Gasteiger partial charge in [-0.3, -0.25) is 9.59 Å². The Kier molecular flexibility index (Phi) is 3.54. The molecule has 108 valence electrons. The minimum Gasteiger partial charge on any atom is -0.481 e. The van der Waals surface area contributed by atoms with E-state index >= 15 is 0 Å². The first kappa shape index (κ1) is 13.6. The number of hydrogen-bond donors (Lipinski definition) is 1. The zero-order valence-electron chi connectivity index (χ0n) is 11.6. The molecular formula is C15H19NO3S. The molecule has 0 spiro atoms. The summed E-state index contributed by atoms with van der Waals surface area (Å²) in [6, 6.07) is 0. The highest BCUT2D eigenvalue weighted by Gasteiger charge is 2.33. The molecule has 1 aromatic heterocycles. The predicted octanol–water partition coefficient (Wildman–Crippen LogP) is 2.42. The van der Waals surface area contributed by atoms with E-state index in [0.717, 1.165) is 24.8 Å². The van der Waals surface area contributed by atoms with Crippen LogP contribution in [0.25, 0.3) is 0 Å². The molecule has 0 saturated carbocycles. The van der Waals surface area contributed by atoms with E-state index in [1.807, 2.05) is 5.38 Å². The van der Waals surface area contributed by atoms with Gasteiger partial charge in [-0.2, -0.15) is 0 Å². The summed E-state index contributed by atoms with van der Waals surface area (Å²) in [6.45, 7) is 3.17. The van der Waals surface area contributed by atoms with Crippen molar-refractivity contribution in [3.63, 3.8) is 0 Å². The van der Waals surface area contributed by atoms with Gasteiger partial charge >= 0.3 is 5.97 Å². The Labute approximate surface area is 122 Å². The lowest BCUT2D eigenvalue weighted by Gasteiger charge is -2.21. The Morgan fingerprint density at radius 1 is 1.40 bits per heavy atom. The molecule has 1 fully saturated rings. The lowest BCUT2D eigenvalue weighted by Crippen LogP contribution is -2.30. The van der Waals surface area contributed by atoms with Crippen molar-refractivity contribution in [3.8, 4) is 0 Å². The molecule has 0 bridgehead atoms. The molecule has 1 amide bonds. The van der Waals surface area contributed by atoms with E-state index in [9.17, 15) is 9.59 Å². The fourth-order valence-electron chi connectivity index (χ4n) is 3.17. The van der Waals surface area contributed by atoms with Gasteiger partial charge in [-0.25, -0.2) is 0 Å². The van der Waals surface area contributed by atoms with Gasteiger partial charge < -0.3 is 10.0 Å². The quantitative estimate of drug-likeness (QED) is 0.911. The summed E-state index contributed by atoms with van der Waals surface area (Å²) < 4.78 is 0. The third-order valence-corrected chi connectivity index (χ3v) is 5.51. The van der Waals surface area contributed by atoms with Crippen LogP contribution in [0.4, 0.5) is 0 Å². The van der Waals surface area contributed by atoms with Gasteiger partial charge in [0.1, 0.15) is 0 Å². The molecule has 4 nitrogen and oxygen atoms in total. The topological polar surface area (TPSA) is 57.6 Å². The van der Waals surface area contributed by atoms with E-state index in [1.54, 1.807) is 16.2 Å². The van der Waals surface area contributed by atoms with E-state index in [2.05, 4.69) is 6.92 Å².